The van der Waals surface area contributed by atoms with Crippen LogP contribution in [-0.2, 0) is 0 Å². The van der Waals surface area contributed by atoms with Crippen LogP contribution in [0.4, 0.5) is 0 Å². The van der Waals surface area contributed by atoms with Crippen molar-refractivity contribution in [2.24, 2.45) is 0 Å². The average Bonchev–Trinajstić information content (AvgIpc) is 3.11. The average molecular weight is 326 g/mol. The topological polar surface area (TPSA) is 60.7 Å². The number of carbonyl (C=O) groups excluding carboxylic acids is 1. The summed E-state index contributed by atoms with van der Waals surface area (Å²) >= 11 is 0. The Bertz CT molecular complexity index is 1050. The van der Waals surface area contributed by atoms with Crippen LogP contribution in [0.2, 0.25) is 0 Å². The molecule has 25 heavy (non-hydrogen) atoms. The number of rotatable bonds is 4. The van der Waals surface area contributed by atoms with Crippen molar-refractivity contribution in [2.75, 3.05) is 0 Å². The SMILES string of the molecule is O=C(/C(=C/c1cccnc1)n1nnc2ccccc21)c1ccccc1. The number of benzene rings is 2. The molecule has 0 saturated heterocycles. The van der Waals surface area contributed by atoms with Crippen LogP contribution in [0.15, 0.2) is 79.1 Å². The van der Waals surface area contributed by atoms with Crippen LogP contribution in [0, 0.1) is 0 Å². The van der Waals surface area contributed by atoms with E-state index in [4.69, 9.17) is 0 Å². The van der Waals surface area contributed by atoms with Gasteiger partial charge in [-0.2, -0.15) is 0 Å². The third kappa shape index (κ3) is 2.95. The Balaban J connectivity index is 1.90. The summed E-state index contributed by atoms with van der Waals surface area (Å²) < 4.78 is 1.58. The molecular weight excluding hydrogens is 312 g/mol. The first-order chi connectivity index (χ1) is 12.3. The van der Waals surface area contributed by atoms with E-state index < -0.39 is 0 Å². The highest BCUT2D eigenvalue weighted by Gasteiger charge is 2.18. The highest BCUT2D eigenvalue weighted by Crippen LogP contribution is 2.21. The van der Waals surface area contributed by atoms with Gasteiger partial charge in [-0.05, 0) is 29.8 Å². The minimum absolute atomic E-state index is 0.125. The van der Waals surface area contributed by atoms with Crippen LogP contribution in [0.25, 0.3) is 22.8 Å². The van der Waals surface area contributed by atoms with Crippen molar-refractivity contribution in [1.29, 1.82) is 0 Å². The smallest absolute Gasteiger partial charge is 0.211 e. The second-order valence-electron chi connectivity index (χ2n) is 5.50. The minimum Gasteiger partial charge on any atom is -0.287 e. The van der Waals surface area contributed by atoms with E-state index in [1.807, 2.05) is 54.6 Å². The van der Waals surface area contributed by atoms with Gasteiger partial charge >= 0.3 is 0 Å². The predicted molar refractivity (Wildman–Crippen MR) is 96.7 cm³/mol. The van der Waals surface area contributed by atoms with Crippen LogP contribution in [0.5, 0.6) is 0 Å². The first kappa shape index (κ1) is 15.0. The Hall–Kier alpha value is -3.60. The van der Waals surface area contributed by atoms with Crippen molar-refractivity contribution in [2.45, 2.75) is 0 Å². The zero-order valence-corrected chi connectivity index (χ0v) is 13.3. The number of para-hydroxylation sites is 1. The van der Waals surface area contributed by atoms with E-state index in [2.05, 4.69) is 15.3 Å². The van der Waals surface area contributed by atoms with Gasteiger partial charge in [-0.25, -0.2) is 4.68 Å². The number of fused-ring (bicyclic) bond motifs is 1. The predicted octanol–water partition coefficient (Wildman–Crippen LogP) is 3.71. The fraction of sp³-hybridized carbons (Fsp3) is 0. The standard InChI is InChI=1S/C20H14N4O/c25-20(16-8-2-1-3-9-16)19(13-15-7-6-12-21-14-15)24-18-11-5-4-10-17(18)22-23-24/h1-14H/b19-13-. The first-order valence-corrected chi connectivity index (χ1v) is 7.85. The minimum atomic E-state index is -0.125. The molecular formula is C20H14N4O. The molecule has 0 saturated carbocycles. The lowest BCUT2D eigenvalue weighted by Gasteiger charge is -2.08. The van der Waals surface area contributed by atoms with Gasteiger partial charge in [0.15, 0.2) is 0 Å². The molecule has 0 N–H and O–H groups in total. The zero-order chi connectivity index (χ0) is 17.1. The van der Waals surface area contributed by atoms with Crippen molar-refractivity contribution in [1.82, 2.24) is 20.0 Å². The second-order valence-corrected chi connectivity index (χ2v) is 5.50. The van der Waals surface area contributed by atoms with Gasteiger partial charge in [-0.15, -0.1) is 5.10 Å². The van der Waals surface area contributed by atoms with Gasteiger partial charge < -0.3 is 0 Å². The van der Waals surface area contributed by atoms with Gasteiger partial charge in [0.1, 0.15) is 11.2 Å². The number of ketones is 1. The molecule has 0 atom stereocenters. The van der Waals surface area contributed by atoms with Crippen LogP contribution in [-0.4, -0.2) is 25.8 Å². The molecule has 0 aliphatic rings. The Labute approximate surface area is 144 Å². The molecule has 0 aliphatic carbocycles. The maximum absolute atomic E-state index is 13.1. The maximum atomic E-state index is 13.1. The summed E-state index contributed by atoms with van der Waals surface area (Å²) in [5, 5.41) is 8.36. The summed E-state index contributed by atoms with van der Waals surface area (Å²) in [7, 11) is 0. The van der Waals surface area contributed by atoms with Gasteiger partial charge in [-0.1, -0.05) is 53.7 Å². The molecule has 5 nitrogen and oxygen atoms in total. The Morgan fingerprint density at radius 3 is 2.52 bits per heavy atom. The van der Waals surface area contributed by atoms with Gasteiger partial charge in [0, 0.05) is 18.0 Å². The number of aromatic nitrogens is 4. The summed E-state index contributed by atoms with van der Waals surface area (Å²) in [4.78, 5) is 17.2. The van der Waals surface area contributed by atoms with E-state index in [0.717, 1.165) is 16.6 Å². The summed E-state index contributed by atoms with van der Waals surface area (Å²) in [6.45, 7) is 0. The lowest BCUT2D eigenvalue weighted by Crippen LogP contribution is -2.11. The summed E-state index contributed by atoms with van der Waals surface area (Å²) in [5.41, 5.74) is 3.36. The number of allylic oxidation sites excluding steroid dienone is 1. The van der Waals surface area contributed by atoms with Crippen LogP contribution >= 0.6 is 0 Å². The molecule has 120 valence electrons. The third-order valence-corrected chi connectivity index (χ3v) is 3.84. The molecule has 0 bridgehead atoms. The summed E-state index contributed by atoms with van der Waals surface area (Å²) in [5.74, 6) is -0.125. The normalized spacial score (nSPS) is 11.6. The zero-order valence-electron chi connectivity index (χ0n) is 13.3. The Kier molecular flexibility index (Phi) is 3.88. The molecule has 0 radical (unpaired) electrons. The number of hydrogen-bond donors (Lipinski definition) is 0. The monoisotopic (exact) mass is 326 g/mol. The van der Waals surface area contributed by atoms with Crippen LogP contribution in [0.3, 0.4) is 0 Å². The summed E-state index contributed by atoms with van der Waals surface area (Å²) in [6.07, 6.45) is 5.18. The molecule has 0 fully saturated rings. The molecule has 4 aromatic rings. The molecule has 2 aromatic heterocycles. The lowest BCUT2D eigenvalue weighted by atomic mass is 10.1. The van der Waals surface area contributed by atoms with Crippen molar-refractivity contribution in [3.05, 3.63) is 90.3 Å². The van der Waals surface area contributed by atoms with E-state index in [-0.39, 0.29) is 5.78 Å². The van der Waals surface area contributed by atoms with Gasteiger partial charge in [-0.3, -0.25) is 9.78 Å². The first-order valence-electron chi connectivity index (χ1n) is 7.85. The molecule has 0 aliphatic heterocycles. The lowest BCUT2D eigenvalue weighted by molar-refractivity contribution is 0.105. The quantitative estimate of drug-likeness (QED) is 0.424. The van der Waals surface area contributed by atoms with Crippen molar-refractivity contribution >= 4 is 28.6 Å². The maximum Gasteiger partial charge on any atom is 0.211 e. The van der Waals surface area contributed by atoms with E-state index in [1.165, 1.54) is 0 Å². The van der Waals surface area contributed by atoms with Gasteiger partial charge in [0.25, 0.3) is 0 Å². The fourth-order valence-electron chi connectivity index (χ4n) is 2.63. The molecule has 2 aromatic carbocycles. The number of nitrogens with zero attached hydrogens (tertiary/aromatic N) is 4. The second kappa shape index (κ2) is 6.49. The summed E-state index contributed by atoms with van der Waals surface area (Å²) in [6, 6.07) is 20.4. The largest absolute Gasteiger partial charge is 0.287 e. The van der Waals surface area contributed by atoms with E-state index in [9.17, 15) is 4.79 Å². The third-order valence-electron chi connectivity index (χ3n) is 3.84. The molecule has 2 heterocycles. The van der Waals surface area contributed by atoms with Gasteiger partial charge in [0.2, 0.25) is 5.78 Å². The van der Waals surface area contributed by atoms with Crippen LogP contribution < -0.4 is 0 Å². The van der Waals surface area contributed by atoms with Crippen molar-refractivity contribution in [3.8, 4) is 0 Å². The molecule has 0 unspecified atom stereocenters. The van der Waals surface area contributed by atoms with Crippen LogP contribution in [0.1, 0.15) is 15.9 Å². The van der Waals surface area contributed by atoms with Crippen molar-refractivity contribution in [3.63, 3.8) is 0 Å². The number of pyridine rings is 1. The van der Waals surface area contributed by atoms with E-state index in [1.54, 1.807) is 35.3 Å². The fourth-order valence-corrected chi connectivity index (χ4v) is 2.63. The Morgan fingerprint density at radius 1 is 0.920 bits per heavy atom. The molecule has 4 rings (SSSR count). The number of hydrogen-bond acceptors (Lipinski definition) is 4. The number of Topliss-reactive ketones (excluding diaryl/α,β-unsaturated/α-hetero) is 1. The highest BCUT2D eigenvalue weighted by atomic mass is 16.1. The van der Waals surface area contributed by atoms with Crippen molar-refractivity contribution < 1.29 is 4.79 Å². The highest BCUT2D eigenvalue weighted by molar-refractivity contribution is 6.28. The van der Waals surface area contributed by atoms with Gasteiger partial charge in [0.05, 0.1) is 5.52 Å². The van der Waals surface area contributed by atoms with E-state index >= 15 is 0 Å². The Morgan fingerprint density at radius 2 is 1.72 bits per heavy atom. The molecule has 0 spiro atoms. The molecule has 0 amide bonds. The molecule has 5 heteroatoms. The van der Waals surface area contributed by atoms with E-state index in [0.29, 0.717) is 11.3 Å². The number of carbonyl (C=O) groups is 1.